The molecule has 0 bridgehead atoms. The zero-order valence-electron chi connectivity index (χ0n) is 22.2. The van der Waals surface area contributed by atoms with Gasteiger partial charge in [-0.15, -0.1) is 12.8 Å². The van der Waals surface area contributed by atoms with E-state index in [2.05, 4.69) is 27.5 Å². The molecule has 3 aromatic rings. The van der Waals surface area contributed by atoms with Crippen LogP contribution in [0.3, 0.4) is 0 Å². The Morgan fingerprint density at radius 1 is 1.11 bits per heavy atom. The van der Waals surface area contributed by atoms with Crippen molar-refractivity contribution >= 4 is 15.9 Å². The van der Waals surface area contributed by atoms with E-state index in [-0.39, 0.29) is 10.8 Å². The molecule has 0 saturated heterocycles. The van der Waals surface area contributed by atoms with E-state index < -0.39 is 21.7 Å². The van der Waals surface area contributed by atoms with E-state index >= 15 is 0 Å². The number of amides is 1. The fourth-order valence-corrected chi connectivity index (χ4v) is 5.52. The molecule has 1 N–H and O–H groups in total. The summed E-state index contributed by atoms with van der Waals surface area (Å²) < 4.78 is 35.4. The molecule has 4 rings (SSSR count). The molecule has 3 heterocycles. The molecule has 9 heteroatoms. The van der Waals surface area contributed by atoms with Crippen LogP contribution < -0.4 is 9.46 Å². The van der Waals surface area contributed by atoms with Crippen LogP contribution in [0.15, 0.2) is 66.0 Å². The first-order chi connectivity index (χ1) is 18.1. The summed E-state index contributed by atoms with van der Waals surface area (Å²) in [4.78, 5) is 23.7. The predicted octanol–water partition coefficient (Wildman–Crippen LogP) is 4.53. The quantitative estimate of drug-likeness (QED) is 0.426. The Morgan fingerprint density at radius 2 is 1.76 bits per heavy atom. The highest BCUT2D eigenvalue weighted by Crippen LogP contribution is 2.39. The number of terminal acetylenes is 1. The van der Waals surface area contributed by atoms with Gasteiger partial charge in [0.15, 0.2) is 0 Å². The van der Waals surface area contributed by atoms with Crippen molar-refractivity contribution in [3.8, 4) is 18.7 Å². The van der Waals surface area contributed by atoms with Crippen molar-refractivity contribution in [3.05, 3.63) is 83.3 Å². The Hall–Kier alpha value is -3.74. The summed E-state index contributed by atoms with van der Waals surface area (Å²) in [7, 11) is -3.81. The molecule has 1 amide bonds. The van der Waals surface area contributed by atoms with Crippen LogP contribution in [-0.2, 0) is 23.0 Å². The third-order valence-electron chi connectivity index (χ3n) is 6.30. The Morgan fingerprint density at radius 3 is 2.37 bits per heavy atom. The highest BCUT2D eigenvalue weighted by Gasteiger charge is 2.37. The van der Waals surface area contributed by atoms with Gasteiger partial charge in [0, 0.05) is 43.7 Å². The number of fused-ring (bicyclic) bond motifs is 1. The number of sulfonamides is 1. The maximum atomic E-state index is 13.4. The third kappa shape index (κ3) is 6.77. The molecule has 1 aliphatic rings. The zero-order chi connectivity index (χ0) is 27.9. The van der Waals surface area contributed by atoms with Gasteiger partial charge in [0.25, 0.3) is 5.91 Å². The summed E-state index contributed by atoms with van der Waals surface area (Å²) in [5.74, 6) is 0.139. The van der Waals surface area contributed by atoms with Crippen LogP contribution in [0, 0.1) is 12.8 Å². The highest BCUT2D eigenvalue weighted by atomic mass is 32.2. The number of nitrogens with one attached hydrogen (secondary N) is 1. The number of aryl methyl sites for hydroxylation is 1. The number of pyridine rings is 2. The van der Waals surface area contributed by atoms with Gasteiger partial charge in [-0.2, -0.15) is 0 Å². The van der Waals surface area contributed by atoms with Gasteiger partial charge in [-0.25, -0.2) is 18.1 Å². The van der Waals surface area contributed by atoms with E-state index in [1.54, 1.807) is 35.5 Å². The van der Waals surface area contributed by atoms with Gasteiger partial charge in [-0.1, -0.05) is 19.1 Å². The summed E-state index contributed by atoms with van der Waals surface area (Å²) >= 11 is 0. The van der Waals surface area contributed by atoms with Crippen LogP contribution in [0.5, 0.6) is 5.88 Å². The van der Waals surface area contributed by atoms with E-state index in [1.807, 2.05) is 52.0 Å². The summed E-state index contributed by atoms with van der Waals surface area (Å²) in [6.45, 7) is 8.65. The molecule has 2 aromatic heterocycles. The summed E-state index contributed by atoms with van der Waals surface area (Å²) in [5.41, 5.74) is 2.32. The van der Waals surface area contributed by atoms with Crippen molar-refractivity contribution in [2.24, 2.45) is 0 Å². The summed E-state index contributed by atoms with van der Waals surface area (Å²) in [5, 5.41) is 0. The number of benzene rings is 1. The monoisotopic (exact) mass is 534 g/mol. The minimum Gasteiger partial charge on any atom is -0.471 e. The SMILES string of the molecule is C#C.CCc1ccc(S(=O)(=O)N[C@H]2CC(C)(C)Oc3ncc(C(=O)N(CC)Cc4ccncc4)cc32)cc1. The second kappa shape index (κ2) is 12.2. The summed E-state index contributed by atoms with van der Waals surface area (Å²) in [6, 6.07) is 11.7. The standard InChI is InChI=1S/C27H32N4O4S.C2H2/c1-5-19-7-9-22(10-8-19)36(33,34)30-24-16-27(3,4)35-25-23(24)15-21(17-29-25)26(32)31(6-2)18-20-11-13-28-14-12-20;1-2/h7-15,17,24,30H,5-6,16,18H2,1-4H3;1-2H/t24-;/m0./s1. The minimum absolute atomic E-state index is 0.189. The van der Waals surface area contributed by atoms with Crippen molar-refractivity contribution in [3.63, 3.8) is 0 Å². The highest BCUT2D eigenvalue weighted by molar-refractivity contribution is 7.89. The largest absolute Gasteiger partial charge is 0.471 e. The van der Waals surface area contributed by atoms with Gasteiger partial charge in [0.05, 0.1) is 16.5 Å². The Labute approximate surface area is 225 Å². The Balaban J connectivity index is 0.00000195. The first kappa shape index (κ1) is 28.8. The number of carbonyl (C=O) groups excluding carboxylic acids is 1. The van der Waals surface area contributed by atoms with Gasteiger partial charge in [-0.3, -0.25) is 9.78 Å². The smallest absolute Gasteiger partial charge is 0.255 e. The number of hydrogen-bond acceptors (Lipinski definition) is 6. The first-order valence-corrected chi connectivity index (χ1v) is 13.9. The summed E-state index contributed by atoms with van der Waals surface area (Å²) in [6.07, 6.45) is 14.1. The van der Waals surface area contributed by atoms with Crippen molar-refractivity contribution in [1.82, 2.24) is 19.6 Å². The lowest BCUT2D eigenvalue weighted by Crippen LogP contribution is -2.42. The average molecular weight is 535 g/mol. The third-order valence-corrected chi connectivity index (χ3v) is 7.79. The predicted molar refractivity (Wildman–Crippen MR) is 147 cm³/mol. The van der Waals surface area contributed by atoms with Gasteiger partial charge < -0.3 is 9.64 Å². The van der Waals surface area contributed by atoms with Crippen LogP contribution in [0.4, 0.5) is 0 Å². The van der Waals surface area contributed by atoms with Crippen molar-refractivity contribution < 1.29 is 17.9 Å². The van der Waals surface area contributed by atoms with E-state index in [9.17, 15) is 13.2 Å². The molecule has 1 aliphatic heterocycles. The molecule has 0 fully saturated rings. The topological polar surface area (TPSA) is 101 Å². The van der Waals surface area contributed by atoms with Crippen LogP contribution in [0.1, 0.15) is 67.2 Å². The maximum Gasteiger partial charge on any atom is 0.255 e. The lowest BCUT2D eigenvalue weighted by molar-refractivity contribution is 0.0637. The fraction of sp³-hybridized carbons (Fsp3) is 0.345. The zero-order valence-corrected chi connectivity index (χ0v) is 23.0. The molecule has 1 aromatic carbocycles. The Bertz CT molecular complexity index is 1370. The van der Waals surface area contributed by atoms with Crippen molar-refractivity contribution in [2.45, 2.75) is 63.6 Å². The number of rotatable bonds is 8. The molecule has 0 radical (unpaired) electrons. The molecule has 0 aliphatic carbocycles. The molecule has 38 heavy (non-hydrogen) atoms. The van der Waals surface area contributed by atoms with E-state index in [1.165, 1.54) is 6.20 Å². The maximum absolute atomic E-state index is 13.4. The number of hydrogen-bond donors (Lipinski definition) is 1. The fourth-order valence-electron chi connectivity index (χ4n) is 4.31. The molecule has 8 nitrogen and oxygen atoms in total. The van der Waals surface area contributed by atoms with Crippen LogP contribution in [-0.4, -0.2) is 41.3 Å². The minimum atomic E-state index is -3.81. The van der Waals surface area contributed by atoms with Gasteiger partial charge >= 0.3 is 0 Å². The molecule has 0 saturated carbocycles. The normalized spacial score (nSPS) is 15.8. The molecular weight excluding hydrogens is 500 g/mol. The van der Waals surface area contributed by atoms with Crippen LogP contribution >= 0.6 is 0 Å². The number of ether oxygens (including phenoxy) is 1. The van der Waals surface area contributed by atoms with E-state index in [4.69, 9.17) is 4.74 Å². The number of carbonyl (C=O) groups is 1. The number of nitrogens with zero attached hydrogens (tertiary/aromatic N) is 3. The Kier molecular flexibility index (Phi) is 9.26. The van der Waals surface area contributed by atoms with Crippen LogP contribution in [0.2, 0.25) is 0 Å². The average Bonchev–Trinajstić information content (AvgIpc) is 2.92. The second-order valence-corrected chi connectivity index (χ2v) is 11.2. The van der Waals surface area contributed by atoms with Crippen LogP contribution in [0.25, 0.3) is 0 Å². The van der Waals surface area contributed by atoms with Gasteiger partial charge in [0.1, 0.15) is 5.60 Å². The molecule has 0 spiro atoms. The van der Waals surface area contributed by atoms with Crippen molar-refractivity contribution in [1.29, 1.82) is 0 Å². The molecule has 1 atom stereocenters. The molecular formula is C29H34N4O4S. The van der Waals surface area contributed by atoms with Gasteiger partial charge in [0.2, 0.25) is 15.9 Å². The van der Waals surface area contributed by atoms with E-state index in [0.29, 0.717) is 36.5 Å². The van der Waals surface area contributed by atoms with E-state index in [0.717, 1.165) is 17.5 Å². The molecule has 200 valence electrons. The van der Waals surface area contributed by atoms with Gasteiger partial charge in [-0.05, 0) is 68.7 Å². The lowest BCUT2D eigenvalue weighted by atomic mass is 9.91. The number of aromatic nitrogens is 2. The first-order valence-electron chi connectivity index (χ1n) is 12.4. The molecule has 0 unspecified atom stereocenters. The second-order valence-electron chi connectivity index (χ2n) is 9.53. The van der Waals surface area contributed by atoms with Crippen molar-refractivity contribution in [2.75, 3.05) is 6.54 Å². The lowest BCUT2D eigenvalue weighted by Gasteiger charge is -2.37.